The lowest BCUT2D eigenvalue weighted by Gasteiger charge is -2.29. The highest BCUT2D eigenvalue weighted by Crippen LogP contribution is 2.62. The maximum atomic E-state index is 13.6. The molecular formula is C18H21Cl2N2O6P. The highest BCUT2D eigenvalue weighted by Gasteiger charge is 2.39. The first kappa shape index (κ1) is 23.4. The van der Waals surface area contributed by atoms with Crippen LogP contribution in [0.3, 0.4) is 0 Å². The summed E-state index contributed by atoms with van der Waals surface area (Å²) >= 11 is 12.4. The Labute approximate surface area is 178 Å². The van der Waals surface area contributed by atoms with Gasteiger partial charge in [0.2, 0.25) is 0 Å². The minimum atomic E-state index is -3.81. The molecule has 2 aromatic rings. The van der Waals surface area contributed by atoms with Gasteiger partial charge in [-0.05, 0) is 32.0 Å². The van der Waals surface area contributed by atoms with E-state index in [-0.39, 0.29) is 34.7 Å². The average molecular weight is 463 g/mol. The fourth-order valence-electron chi connectivity index (χ4n) is 2.74. The van der Waals surface area contributed by atoms with Crippen molar-refractivity contribution in [1.29, 1.82) is 0 Å². The van der Waals surface area contributed by atoms with Gasteiger partial charge in [-0.2, -0.15) is 0 Å². The minimum absolute atomic E-state index is 0.112. The molecule has 158 valence electrons. The molecule has 0 aliphatic rings. The highest BCUT2D eigenvalue weighted by molar-refractivity contribution is 7.54. The Morgan fingerprint density at radius 3 is 2.38 bits per heavy atom. The zero-order valence-electron chi connectivity index (χ0n) is 16.1. The average Bonchev–Trinajstić information content (AvgIpc) is 2.66. The van der Waals surface area contributed by atoms with Gasteiger partial charge in [0.1, 0.15) is 5.75 Å². The monoisotopic (exact) mass is 462 g/mol. The third-order valence-corrected chi connectivity index (χ3v) is 6.61. The van der Waals surface area contributed by atoms with E-state index in [4.69, 9.17) is 37.0 Å². The molecule has 2 rings (SSSR count). The number of benzene rings is 2. The number of non-ortho nitro benzene ring substituents is 1. The number of rotatable bonds is 10. The number of halogens is 2. The van der Waals surface area contributed by atoms with E-state index in [0.717, 1.165) is 0 Å². The fraction of sp³-hybridized carbons (Fsp3) is 0.333. The summed E-state index contributed by atoms with van der Waals surface area (Å²) in [6, 6.07) is 8.79. The van der Waals surface area contributed by atoms with Crippen molar-refractivity contribution in [3.63, 3.8) is 0 Å². The van der Waals surface area contributed by atoms with Crippen molar-refractivity contribution in [3.05, 3.63) is 62.1 Å². The SMILES string of the molecule is CCOP(=O)(OCC)C(Nc1cccc([N+](=O)[O-])c1)c1cc(Cl)cc(Cl)c1OC. The van der Waals surface area contributed by atoms with Crippen LogP contribution < -0.4 is 10.1 Å². The van der Waals surface area contributed by atoms with Crippen LogP contribution in [0.1, 0.15) is 25.2 Å². The quantitative estimate of drug-likeness (QED) is 0.251. The second kappa shape index (κ2) is 10.3. The summed E-state index contributed by atoms with van der Waals surface area (Å²) in [7, 11) is -2.40. The molecule has 8 nitrogen and oxygen atoms in total. The first-order chi connectivity index (χ1) is 13.8. The summed E-state index contributed by atoms with van der Waals surface area (Å²) in [4.78, 5) is 10.6. The number of nitro groups is 1. The van der Waals surface area contributed by atoms with E-state index < -0.39 is 18.3 Å². The van der Waals surface area contributed by atoms with Crippen LogP contribution in [-0.2, 0) is 13.6 Å². The van der Waals surface area contributed by atoms with Gasteiger partial charge in [0.15, 0.2) is 5.78 Å². The Bertz CT molecular complexity index is 917. The number of hydrogen-bond acceptors (Lipinski definition) is 7. The molecule has 0 spiro atoms. The van der Waals surface area contributed by atoms with Crippen LogP contribution in [0.2, 0.25) is 10.0 Å². The molecule has 0 aromatic heterocycles. The van der Waals surface area contributed by atoms with Crippen molar-refractivity contribution in [2.75, 3.05) is 25.6 Å². The van der Waals surface area contributed by atoms with Crippen molar-refractivity contribution in [1.82, 2.24) is 0 Å². The molecule has 0 aliphatic carbocycles. The van der Waals surface area contributed by atoms with Gasteiger partial charge in [0.25, 0.3) is 5.69 Å². The van der Waals surface area contributed by atoms with Crippen molar-refractivity contribution in [2.45, 2.75) is 19.6 Å². The Morgan fingerprint density at radius 2 is 1.83 bits per heavy atom. The van der Waals surface area contributed by atoms with Crippen LogP contribution >= 0.6 is 30.8 Å². The molecule has 0 heterocycles. The highest BCUT2D eigenvalue weighted by atomic mass is 35.5. The first-order valence-corrected chi connectivity index (χ1v) is 11.0. The number of nitrogens with zero attached hydrogens (tertiary/aromatic N) is 1. The summed E-state index contributed by atoms with van der Waals surface area (Å²) in [5.74, 6) is -0.853. The summed E-state index contributed by atoms with van der Waals surface area (Å²) < 4.78 is 30.1. The molecule has 1 unspecified atom stereocenters. The van der Waals surface area contributed by atoms with E-state index in [1.807, 2.05) is 0 Å². The third-order valence-electron chi connectivity index (χ3n) is 3.83. The topological polar surface area (TPSA) is 99.9 Å². The molecule has 0 radical (unpaired) electrons. The maximum Gasteiger partial charge on any atom is 0.357 e. The lowest BCUT2D eigenvalue weighted by molar-refractivity contribution is -0.384. The van der Waals surface area contributed by atoms with Gasteiger partial charge < -0.3 is 19.1 Å². The Hall–Kier alpha value is -1.83. The second-order valence-corrected chi connectivity index (χ2v) is 8.70. The van der Waals surface area contributed by atoms with Crippen LogP contribution in [-0.4, -0.2) is 25.2 Å². The molecule has 0 saturated heterocycles. The number of methoxy groups -OCH3 is 1. The predicted octanol–water partition coefficient (Wildman–Crippen LogP) is 6.29. The maximum absolute atomic E-state index is 13.6. The van der Waals surface area contributed by atoms with E-state index in [2.05, 4.69) is 5.32 Å². The molecule has 0 aliphatic heterocycles. The lowest BCUT2D eigenvalue weighted by Crippen LogP contribution is -2.16. The number of nitrogens with one attached hydrogen (secondary N) is 1. The van der Waals surface area contributed by atoms with Crippen LogP contribution in [0.15, 0.2) is 36.4 Å². The molecule has 11 heteroatoms. The molecule has 29 heavy (non-hydrogen) atoms. The van der Waals surface area contributed by atoms with Crippen molar-refractivity contribution in [3.8, 4) is 5.75 Å². The van der Waals surface area contributed by atoms with E-state index in [1.54, 1.807) is 19.9 Å². The van der Waals surface area contributed by atoms with Gasteiger partial charge in [-0.15, -0.1) is 0 Å². The predicted molar refractivity (Wildman–Crippen MR) is 113 cm³/mol. The number of ether oxygens (including phenoxy) is 1. The molecular weight excluding hydrogens is 442 g/mol. The molecule has 1 N–H and O–H groups in total. The van der Waals surface area contributed by atoms with Crippen LogP contribution in [0.4, 0.5) is 11.4 Å². The Balaban J connectivity index is 2.66. The fourth-order valence-corrected chi connectivity index (χ4v) is 5.26. The van der Waals surface area contributed by atoms with E-state index in [1.165, 1.54) is 37.4 Å². The first-order valence-electron chi connectivity index (χ1n) is 8.68. The summed E-state index contributed by atoms with van der Waals surface area (Å²) in [6.07, 6.45) is 0. The Morgan fingerprint density at radius 1 is 1.17 bits per heavy atom. The van der Waals surface area contributed by atoms with Crippen molar-refractivity contribution in [2.24, 2.45) is 0 Å². The largest absolute Gasteiger partial charge is 0.495 e. The molecule has 0 bridgehead atoms. The lowest BCUT2D eigenvalue weighted by atomic mass is 10.2. The smallest absolute Gasteiger partial charge is 0.357 e. The van der Waals surface area contributed by atoms with E-state index in [9.17, 15) is 14.7 Å². The van der Waals surface area contributed by atoms with Gasteiger partial charge in [-0.25, -0.2) is 0 Å². The molecule has 1 atom stereocenters. The van der Waals surface area contributed by atoms with Crippen molar-refractivity contribution < 1.29 is 23.3 Å². The summed E-state index contributed by atoms with van der Waals surface area (Å²) in [5.41, 5.74) is 0.538. The standard InChI is InChI=1S/C18H21Cl2N2O6P/c1-4-27-29(25,28-5-2)18(15-9-12(19)10-16(20)17(15)26-3)21-13-7-6-8-14(11-13)22(23)24/h6-11,18,21H,4-5H2,1-3H3. The minimum Gasteiger partial charge on any atom is -0.495 e. The number of anilines is 1. The number of nitro benzene ring substituents is 1. The third kappa shape index (κ3) is 5.62. The molecule has 2 aromatic carbocycles. The zero-order valence-corrected chi connectivity index (χ0v) is 18.5. The molecule has 0 saturated carbocycles. The van der Waals surface area contributed by atoms with Crippen LogP contribution in [0.25, 0.3) is 0 Å². The number of hydrogen-bond donors (Lipinski definition) is 1. The summed E-state index contributed by atoms with van der Waals surface area (Å²) in [6.45, 7) is 3.58. The van der Waals surface area contributed by atoms with Gasteiger partial charge in [0, 0.05) is 28.4 Å². The summed E-state index contributed by atoms with van der Waals surface area (Å²) in [5, 5.41) is 14.6. The second-order valence-electron chi connectivity index (χ2n) is 5.74. The molecule has 0 amide bonds. The van der Waals surface area contributed by atoms with Gasteiger partial charge in [-0.3, -0.25) is 14.7 Å². The zero-order chi connectivity index (χ0) is 21.6. The van der Waals surface area contributed by atoms with Gasteiger partial charge in [-0.1, -0.05) is 29.3 Å². The van der Waals surface area contributed by atoms with E-state index >= 15 is 0 Å². The van der Waals surface area contributed by atoms with E-state index in [0.29, 0.717) is 11.3 Å². The Kier molecular flexibility index (Phi) is 8.31. The normalized spacial score (nSPS) is 12.4. The van der Waals surface area contributed by atoms with Crippen LogP contribution in [0, 0.1) is 10.1 Å². The van der Waals surface area contributed by atoms with Crippen molar-refractivity contribution >= 4 is 42.2 Å². The van der Waals surface area contributed by atoms with Gasteiger partial charge >= 0.3 is 7.60 Å². The van der Waals surface area contributed by atoms with Gasteiger partial charge in [0.05, 0.1) is 30.3 Å². The van der Waals surface area contributed by atoms with Crippen LogP contribution in [0.5, 0.6) is 5.75 Å². The molecule has 0 fully saturated rings.